The Hall–Kier alpha value is -3.11. The highest BCUT2D eigenvalue weighted by molar-refractivity contribution is 7.89. The summed E-state index contributed by atoms with van der Waals surface area (Å²) in [4.78, 5) is 21.7. The van der Waals surface area contributed by atoms with Crippen LogP contribution in [0.4, 0.5) is 5.69 Å². The van der Waals surface area contributed by atoms with Crippen molar-refractivity contribution in [3.05, 3.63) is 48.3 Å². The summed E-state index contributed by atoms with van der Waals surface area (Å²) in [5.41, 5.74) is 2.27. The number of piperazine rings is 1. The smallest absolute Gasteiger partial charge is 0.242 e. The number of carbonyl (C=O) groups is 1. The number of benzene rings is 2. The number of aromatic hydroxyl groups is 1. The number of hydrogen-bond acceptors (Lipinski definition) is 6. The molecule has 1 aliphatic heterocycles. The summed E-state index contributed by atoms with van der Waals surface area (Å²) in [6.45, 7) is 5.22. The number of carbonyl (C=O) groups excluding carboxylic acids is 1. The molecule has 0 bridgehead atoms. The average molecular weight is 486 g/mol. The first-order valence-corrected chi connectivity index (χ1v) is 12.9. The molecular weight excluding hydrogens is 454 g/mol. The lowest BCUT2D eigenvalue weighted by molar-refractivity contribution is -0.131. The molecule has 1 aromatic heterocycles. The van der Waals surface area contributed by atoms with Crippen LogP contribution in [0.3, 0.4) is 0 Å². The average Bonchev–Trinajstić information content (AvgIpc) is 3.19. The first-order chi connectivity index (χ1) is 16.2. The number of rotatable bonds is 7. The zero-order chi connectivity index (χ0) is 24.5. The highest BCUT2D eigenvalue weighted by Crippen LogP contribution is 2.27. The van der Waals surface area contributed by atoms with E-state index in [0.717, 1.165) is 17.0 Å². The van der Waals surface area contributed by atoms with Crippen molar-refractivity contribution in [2.75, 3.05) is 45.2 Å². The summed E-state index contributed by atoms with van der Waals surface area (Å²) in [6.07, 6.45) is 0.819. The van der Waals surface area contributed by atoms with Crippen LogP contribution in [0, 0.1) is 0 Å². The Bertz CT molecular complexity index is 1290. The first kappa shape index (κ1) is 24.0. The monoisotopic (exact) mass is 485 g/mol. The SMILES string of the molecule is CCn1c(CCC(=O)N2CCN(c3ccccc3O)CC2)nc2cc(S(=O)(=O)N(C)C)ccc21. The van der Waals surface area contributed by atoms with Gasteiger partial charge in [-0.2, -0.15) is 0 Å². The maximum absolute atomic E-state index is 12.9. The van der Waals surface area contributed by atoms with Crippen molar-refractivity contribution >= 4 is 32.7 Å². The molecule has 1 aliphatic rings. The van der Waals surface area contributed by atoms with Crippen LogP contribution >= 0.6 is 0 Å². The van der Waals surface area contributed by atoms with Crippen molar-refractivity contribution in [3.63, 3.8) is 0 Å². The molecule has 0 spiro atoms. The number of phenolic OH excluding ortho intramolecular Hbond substituents is 1. The summed E-state index contributed by atoms with van der Waals surface area (Å²) < 4.78 is 28.2. The quantitative estimate of drug-likeness (QED) is 0.551. The van der Waals surface area contributed by atoms with Crippen LogP contribution in [0.5, 0.6) is 5.75 Å². The van der Waals surface area contributed by atoms with E-state index in [4.69, 9.17) is 0 Å². The van der Waals surface area contributed by atoms with Crippen molar-refractivity contribution in [2.24, 2.45) is 0 Å². The molecule has 3 aromatic rings. The van der Waals surface area contributed by atoms with E-state index >= 15 is 0 Å². The van der Waals surface area contributed by atoms with Gasteiger partial charge in [0.1, 0.15) is 11.6 Å². The van der Waals surface area contributed by atoms with Gasteiger partial charge in [-0.15, -0.1) is 0 Å². The number of para-hydroxylation sites is 2. The van der Waals surface area contributed by atoms with E-state index in [1.54, 1.807) is 30.3 Å². The minimum atomic E-state index is -3.54. The molecule has 0 radical (unpaired) electrons. The fraction of sp³-hybridized carbons (Fsp3) is 0.417. The van der Waals surface area contributed by atoms with E-state index in [9.17, 15) is 18.3 Å². The Kier molecular flexibility index (Phi) is 6.81. The van der Waals surface area contributed by atoms with Gasteiger partial charge in [-0.25, -0.2) is 17.7 Å². The number of sulfonamides is 1. The Morgan fingerprint density at radius 1 is 1.09 bits per heavy atom. The molecule has 0 saturated carbocycles. The van der Waals surface area contributed by atoms with Gasteiger partial charge in [0.05, 0.1) is 21.6 Å². The Balaban J connectivity index is 1.43. The molecule has 4 rings (SSSR count). The molecule has 1 fully saturated rings. The van der Waals surface area contributed by atoms with Crippen LogP contribution in [0.25, 0.3) is 11.0 Å². The standard InChI is InChI=1S/C24H31N5O4S/c1-4-29-20-10-9-18(34(32,33)26(2)3)17-19(20)25-23(29)11-12-24(31)28-15-13-27(14-16-28)21-7-5-6-8-22(21)30/h5-10,17,30H,4,11-16H2,1-3H3. The number of hydrogen-bond donors (Lipinski definition) is 1. The normalized spacial score (nSPS) is 14.8. The molecular formula is C24H31N5O4S. The number of aromatic nitrogens is 2. The van der Waals surface area contributed by atoms with Crippen molar-refractivity contribution < 1.29 is 18.3 Å². The maximum atomic E-state index is 12.9. The number of nitrogens with zero attached hydrogens (tertiary/aromatic N) is 5. The first-order valence-electron chi connectivity index (χ1n) is 11.4. The lowest BCUT2D eigenvalue weighted by atomic mass is 10.2. The number of fused-ring (bicyclic) bond motifs is 1. The van der Waals surface area contributed by atoms with Gasteiger partial charge in [-0.1, -0.05) is 12.1 Å². The molecule has 10 heteroatoms. The summed E-state index contributed by atoms with van der Waals surface area (Å²) in [7, 11) is -0.535. The fourth-order valence-corrected chi connectivity index (χ4v) is 5.30. The van der Waals surface area contributed by atoms with Crippen LogP contribution in [0.1, 0.15) is 19.2 Å². The van der Waals surface area contributed by atoms with E-state index in [-0.39, 0.29) is 16.6 Å². The molecule has 0 unspecified atom stereocenters. The Morgan fingerprint density at radius 2 is 1.79 bits per heavy atom. The highest BCUT2D eigenvalue weighted by Gasteiger charge is 2.24. The van der Waals surface area contributed by atoms with E-state index in [0.29, 0.717) is 51.1 Å². The Morgan fingerprint density at radius 3 is 2.44 bits per heavy atom. The highest BCUT2D eigenvalue weighted by atomic mass is 32.2. The molecule has 1 saturated heterocycles. The van der Waals surface area contributed by atoms with Crippen LogP contribution in [0.2, 0.25) is 0 Å². The van der Waals surface area contributed by atoms with Crippen LogP contribution in [0.15, 0.2) is 47.4 Å². The number of phenols is 1. The van der Waals surface area contributed by atoms with Gasteiger partial charge in [0.25, 0.3) is 0 Å². The maximum Gasteiger partial charge on any atom is 0.242 e. The molecule has 9 nitrogen and oxygen atoms in total. The second-order valence-electron chi connectivity index (χ2n) is 8.57. The lowest BCUT2D eigenvalue weighted by Crippen LogP contribution is -2.48. The third kappa shape index (κ3) is 4.60. The second kappa shape index (κ2) is 9.63. The number of imidazole rings is 1. The van der Waals surface area contributed by atoms with Gasteiger partial charge in [0.15, 0.2) is 0 Å². The van der Waals surface area contributed by atoms with E-state index in [2.05, 4.69) is 9.88 Å². The van der Waals surface area contributed by atoms with Gasteiger partial charge < -0.3 is 19.5 Å². The third-order valence-corrected chi connectivity index (χ3v) is 8.12. The van der Waals surface area contributed by atoms with Gasteiger partial charge >= 0.3 is 0 Å². The zero-order valence-electron chi connectivity index (χ0n) is 19.8. The predicted molar refractivity (Wildman–Crippen MR) is 132 cm³/mol. The van der Waals surface area contributed by atoms with Crippen molar-refractivity contribution in [1.29, 1.82) is 0 Å². The van der Waals surface area contributed by atoms with E-state index in [1.807, 2.05) is 28.5 Å². The van der Waals surface area contributed by atoms with Gasteiger partial charge in [0, 0.05) is 59.7 Å². The summed E-state index contributed by atoms with van der Waals surface area (Å²) in [5.74, 6) is 1.10. The molecule has 0 aliphatic carbocycles. The summed E-state index contributed by atoms with van der Waals surface area (Å²) in [6, 6.07) is 12.2. The molecule has 0 atom stereocenters. The lowest BCUT2D eigenvalue weighted by Gasteiger charge is -2.36. The Labute approximate surface area is 200 Å². The minimum absolute atomic E-state index is 0.0718. The topological polar surface area (TPSA) is 99.0 Å². The van der Waals surface area contributed by atoms with Crippen molar-refractivity contribution in [3.8, 4) is 5.75 Å². The van der Waals surface area contributed by atoms with Crippen molar-refractivity contribution in [1.82, 2.24) is 18.8 Å². The zero-order valence-corrected chi connectivity index (χ0v) is 20.6. The predicted octanol–water partition coefficient (Wildman–Crippen LogP) is 2.29. The van der Waals surface area contributed by atoms with Crippen LogP contribution < -0.4 is 4.90 Å². The van der Waals surface area contributed by atoms with E-state index < -0.39 is 10.0 Å². The minimum Gasteiger partial charge on any atom is -0.506 e. The van der Waals surface area contributed by atoms with E-state index in [1.165, 1.54) is 18.4 Å². The second-order valence-corrected chi connectivity index (χ2v) is 10.7. The molecule has 1 amide bonds. The summed E-state index contributed by atoms with van der Waals surface area (Å²) in [5, 5.41) is 10.1. The molecule has 34 heavy (non-hydrogen) atoms. The van der Waals surface area contributed by atoms with Gasteiger partial charge in [0.2, 0.25) is 15.9 Å². The fourth-order valence-electron chi connectivity index (χ4n) is 4.38. The summed E-state index contributed by atoms with van der Waals surface area (Å²) >= 11 is 0. The third-order valence-electron chi connectivity index (χ3n) is 6.31. The molecule has 1 N–H and O–H groups in total. The molecule has 2 aromatic carbocycles. The van der Waals surface area contributed by atoms with Crippen LogP contribution in [-0.2, 0) is 27.8 Å². The van der Waals surface area contributed by atoms with Crippen molar-refractivity contribution in [2.45, 2.75) is 31.2 Å². The largest absolute Gasteiger partial charge is 0.506 e. The number of aryl methyl sites for hydroxylation is 2. The van der Waals surface area contributed by atoms with Gasteiger partial charge in [-0.3, -0.25) is 4.79 Å². The molecule has 182 valence electrons. The van der Waals surface area contributed by atoms with Gasteiger partial charge in [-0.05, 0) is 37.3 Å². The number of amides is 1. The van der Waals surface area contributed by atoms with Crippen LogP contribution in [-0.4, -0.2) is 78.5 Å². The molecule has 2 heterocycles. The number of anilines is 1.